The Labute approximate surface area is 65.0 Å². The number of carbonyl (C=O) groups excluding carboxylic acids is 1. The third-order valence-electron chi connectivity index (χ3n) is 0.902. The van der Waals surface area contributed by atoms with E-state index in [1.165, 1.54) is 7.11 Å². The van der Waals surface area contributed by atoms with Crippen molar-refractivity contribution in [2.75, 3.05) is 20.3 Å². The molecule has 0 unspecified atom stereocenters. The van der Waals surface area contributed by atoms with Gasteiger partial charge in [0.15, 0.2) is 0 Å². The summed E-state index contributed by atoms with van der Waals surface area (Å²) in [7, 11) is 1.49. The summed E-state index contributed by atoms with van der Waals surface area (Å²) < 4.78 is 9.16. The summed E-state index contributed by atoms with van der Waals surface area (Å²) in [6.07, 6.45) is 0. The van der Waals surface area contributed by atoms with Gasteiger partial charge in [-0.05, 0) is 0 Å². The predicted octanol–water partition coefficient (Wildman–Crippen LogP) is 0.256. The maximum Gasteiger partial charge on any atom is 0.348 e. The number of esters is 1. The molecule has 0 aliphatic carbocycles. The van der Waals surface area contributed by atoms with Crippen LogP contribution in [0, 0.1) is 11.3 Å². The number of nitriles is 1. The predicted molar refractivity (Wildman–Crippen MR) is 37.6 cm³/mol. The van der Waals surface area contributed by atoms with Crippen molar-refractivity contribution in [2.24, 2.45) is 0 Å². The molecule has 0 aliphatic heterocycles. The minimum atomic E-state index is -0.690. The minimum absolute atomic E-state index is 0.149. The van der Waals surface area contributed by atoms with Crippen molar-refractivity contribution in [3.05, 3.63) is 12.2 Å². The summed E-state index contributed by atoms with van der Waals surface area (Å²) in [6, 6.07) is 1.58. The average Bonchev–Trinajstić information content (AvgIpc) is 2.03. The number of hydrogen-bond acceptors (Lipinski definition) is 4. The van der Waals surface area contributed by atoms with Gasteiger partial charge in [0.1, 0.15) is 18.2 Å². The lowest BCUT2D eigenvalue weighted by atomic mass is 10.3. The van der Waals surface area contributed by atoms with Gasteiger partial charge in [0.05, 0.1) is 6.61 Å². The zero-order valence-electron chi connectivity index (χ0n) is 6.29. The number of methoxy groups -OCH3 is 1. The van der Waals surface area contributed by atoms with Crippen molar-refractivity contribution in [1.29, 1.82) is 5.26 Å². The third kappa shape index (κ3) is 4.12. The summed E-state index contributed by atoms with van der Waals surface area (Å²) >= 11 is 0. The van der Waals surface area contributed by atoms with Crippen molar-refractivity contribution in [3.63, 3.8) is 0 Å². The van der Waals surface area contributed by atoms with E-state index in [0.29, 0.717) is 6.61 Å². The van der Waals surface area contributed by atoms with E-state index in [0.717, 1.165) is 0 Å². The number of hydrogen-bond donors (Lipinski definition) is 0. The van der Waals surface area contributed by atoms with Gasteiger partial charge in [0.2, 0.25) is 0 Å². The van der Waals surface area contributed by atoms with E-state index in [4.69, 9.17) is 5.26 Å². The largest absolute Gasteiger partial charge is 0.459 e. The molecule has 0 atom stereocenters. The van der Waals surface area contributed by atoms with Crippen LogP contribution in [-0.4, -0.2) is 26.3 Å². The molecule has 4 nitrogen and oxygen atoms in total. The van der Waals surface area contributed by atoms with Gasteiger partial charge in [-0.15, -0.1) is 0 Å². The van der Waals surface area contributed by atoms with Crippen LogP contribution in [0.25, 0.3) is 0 Å². The summed E-state index contributed by atoms with van der Waals surface area (Å²) in [4.78, 5) is 10.6. The number of nitrogens with zero attached hydrogens (tertiary/aromatic N) is 1. The number of carbonyl (C=O) groups is 1. The second-order valence-electron chi connectivity index (χ2n) is 1.72. The molecule has 0 radical (unpaired) electrons. The molecule has 0 aromatic heterocycles. The molecule has 0 aromatic carbocycles. The van der Waals surface area contributed by atoms with Gasteiger partial charge in [-0.2, -0.15) is 5.26 Å². The minimum Gasteiger partial charge on any atom is -0.459 e. The third-order valence-corrected chi connectivity index (χ3v) is 0.902. The second-order valence-corrected chi connectivity index (χ2v) is 1.72. The Morgan fingerprint density at radius 3 is 2.73 bits per heavy atom. The van der Waals surface area contributed by atoms with Crippen LogP contribution in [0.15, 0.2) is 12.2 Å². The van der Waals surface area contributed by atoms with Crippen LogP contribution in [0.1, 0.15) is 0 Å². The molecule has 0 spiro atoms. The van der Waals surface area contributed by atoms with Crippen molar-refractivity contribution in [3.8, 4) is 6.07 Å². The first-order chi connectivity index (χ1) is 5.22. The van der Waals surface area contributed by atoms with E-state index in [9.17, 15) is 4.79 Å². The Hall–Kier alpha value is -1.34. The Morgan fingerprint density at radius 1 is 1.64 bits per heavy atom. The van der Waals surface area contributed by atoms with Crippen LogP contribution in [0.4, 0.5) is 0 Å². The molecule has 0 rings (SSSR count). The first-order valence-corrected chi connectivity index (χ1v) is 2.97. The highest BCUT2D eigenvalue weighted by Gasteiger charge is 2.05. The van der Waals surface area contributed by atoms with Crippen molar-refractivity contribution < 1.29 is 14.3 Å². The highest BCUT2D eigenvalue weighted by molar-refractivity contribution is 5.91. The molecule has 0 aliphatic rings. The molecule has 0 saturated carbocycles. The SMILES string of the molecule is C=C(C#N)C(=O)OCCOC. The smallest absolute Gasteiger partial charge is 0.348 e. The number of rotatable bonds is 4. The second kappa shape index (κ2) is 5.45. The fourth-order valence-electron chi connectivity index (χ4n) is 0.350. The van der Waals surface area contributed by atoms with Crippen molar-refractivity contribution >= 4 is 5.97 Å². The van der Waals surface area contributed by atoms with Gasteiger partial charge in [-0.1, -0.05) is 6.58 Å². The van der Waals surface area contributed by atoms with Crippen LogP contribution >= 0.6 is 0 Å². The fraction of sp³-hybridized carbons (Fsp3) is 0.429. The van der Waals surface area contributed by atoms with Gasteiger partial charge in [0, 0.05) is 7.11 Å². The zero-order valence-corrected chi connectivity index (χ0v) is 6.29. The lowest BCUT2D eigenvalue weighted by molar-refractivity contribution is -0.139. The molecular weight excluding hydrogens is 146 g/mol. The highest BCUT2D eigenvalue weighted by Crippen LogP contribution is 1.91. The van der Waals surface area contributed by atoms with Crippen LogP contribution in [0.2, 0.25) is 0 Å². The van der Waals surface area contributed by atoms with E-state index >= 15 is 0 Å². The van der Waals surface area contributed by atoms with Gasteiger partial charge < -0.3 is 9.47 Å². The lowest BCUT2D eigenvalue weighted by Gasteiger charge is -2.00. The van der Waals surface area contributed by atoms with E-state index < -0.39 is 5.97 Å². The molecule has 11 heavy (non-hydrogen) atoms. The highest BCUT2D eigenvalue weighted by atomic mass is 16.6. The van der Waals surface area contributed by atoms with E-state index in [1.807, 2.05) is 0 Å². The zero-order chi connectivity index (χ0) is 8.69. The van der Waals surface area contributed by atoms with Crippen LogP contribution < -0.4 is 0 Å². The molecule has 0 fully saturated rings. The molecule has 0 bridgehead atoms. The average molecular weight is 155 g/mol. The normalized spacial score (nSPS) is 8.36. The Morgan fingerprint density at radius 2 is 2.27 bits per heavy atom. The quantitative estimate of drug-likeness (QED) is 0.253. The first-order valence-electron chi connectivity index (χ1n) is 2.97. The van der Waals surface area contributed by atoms with Crippen LogP contribution in [0.5, 0.6) is 0 Å². The maximum absolute atomic E-state index is 10.6. The molecule has 0 N–H and O–H groups in total. The van der Waals surface area contributed by atoms with Crippen LogP contribution in [0.3, 0.4) is 0 Å². The summed E-state index contributed by atoms with van der Waals surface area (Å²) in [5.74, 6) is -0.690. The molecule has 0 saturated heterocycles. The van der Waals surface area contributed by atoms with E-state index in [-0.39, 0.29) is 12.2 Å². The maximum atomic E-state index is 10.6. The monoisotopic (exact) mass is 155 g/mol. The molecule has 0 heterocycles. The number of ether oxygens (including phenoxy) is 2. The van der Waals surface area contributed by atoms with Gasteiger partial charge in [-0.3, -0.25) is 0 Å². The topological polar surface area (TPSA) is 59.3 Å². The Balaban J connectivity index is 3.55. The molecular formula is C7H9NO3. The first kappa shape index (κ1) is 9.66. The summed E-state index contributed by atoms with van der Waals surface area (Å²) in [5, 5.41) is 8.18. The van der Waals surface area contributed by atoms with Gasteiger partial charge in [0.25, 0.3) is 0 Å². The van der Waals surface area contributed by atoms with Crippen LogP contribution in [-0.2, 0) is 14.3 Å². The molecule has 60 valence electrons. The van der Waals surface area contributed by atoms with E-state index in [1.54, 1.807) is 6.07 Å². The molecule has 4 heteroatoms. The summed E-state index contributed by atoms with van der Waals surface area (Å²) in [6.45, 7) is 3.65. The summed E-state index contributed by atoms with van der Waals surface area (Å²) in [5.41, 5.74) is -0.193. The Kier molecular flexibility index (Phi) is 4.78. The van der Waals surface area contributed by atoms with Crippen molar-refractivity contribution in [1.82, 2.24) is 0 Å². The van der Waals surface area contributed by atoms with Crippen molar-refractivity contribution in [2.45, 2.75) is 0 Å². The van der Waals surface area contributed by atoms with Gasteiger partial charge in [-0.25, -0.2) is 4.79 Å². The standard InChI is InChI=1S/C7H9NO3/c1-6(5-8)7(9)11-4-3-10-2/h1,3-4H2,2H3. The van der Waals surface area contributed by atoms with E-state index in [2.05, 4.69) is 16.1 Å². The molecule has 0 amide bonds. The molecule has 0 aromatic rings. The Bertz CT molecular complexity index is 192. The van der Waals surface area contributed by atoms with Gasteiger partial charge >= 0.3 is 5.97 Å². The fourth-order valence-corrected chi connectivity index (χ4v) is 0.350. The lowest BCUT2D eigenvalue weighted by Crippen LogP contribution is -2.10.